The molecule has 3 aromatic rings. The number of nitrogens with two attached hydrogens (primary N) is 1. The average molecular weight is 271 g/mol. The Hall–Kier alpha value is -2.89. The number of anilines is 1. The molecule has 0 aliphatic heterocycles. The van der Waals surface area contributed by atoms with Crippen molar-refractivity contribution in [3.8, 4) is 28.6 Å². The number of benzene rings is 2. The number of phenols is 1. The highest BCUT2D eigenvalue weighted by Gasteiger charge is 2.13. The first kappa shape index (κ1) is 12.2. The predicted molar refractivity (Wildman–Crippen MR) is 71.2 cm³/mol. The zero-order valence-corrected chi connectivity index (χ0v) is 10.2. The number of hydrogen-bond donors (Lipinski definition) is 2. The Kier molecular flexibility index (Phi) is 2.83. The fraction of sp³-hybridized carbons (Fsp3) is 0. The third kappa shape index (κ3) is 2.07. The van der Waals surface area contributed by atoms with Crippen molar-refractivity contribution in [2.45, 2.75) is 0 Å². The van der Waals surface area contributed by atoms with Gasteiger partial charge in [0.25, 0.3) is 5.89 Å². The van der Waals surface area contributed by atoms with Gasteiger partial charge >= 0.3 is 0 Å². The van der Waals surface area contributed by atoms with E-state index in [0.29, 0.717) is 16.8 Å². The second-order valence-electron chi connectivity index (χ2n) is 4.18. The lowest BCUT2D eigenvalue weighted by molar-refractivity contribution is 0.430. The van der Waals surface area contributed by atoms with E-state index in [1.165, 1.54) is 12.1 Å². The summed E-state index contributed by atoms with van der Waals surface area (Å²) >= 11 is 0. The maximum Gasteiger partial charge on any atom is 0.260 e. The average Bonchev–Trinajstić information content (AvgIpc) is 2.92. The quantitative estimate of drug-likeness (QED) is 0.700. The summed E-state index contributed by atoms with van der Waals surface area (Å²) < 4.78 is 18.4. The summed E-state index contributed by atoms with van der Waals surface area (Å²) in [4.78, 5) is 4.18. The van der Waals surface area contributed by atoms with Crippen LogP contribution in [-0.2, 0) is 0 Å². The first-order valence-corrected chi connectivity index (χ1v) is 5.82. The van der Waals surface area contributed by atoms with Gasteiger partial charge in [-0.1, -0.05) is 17.3 Å². The molecule has 2 aromatic carbocycles. The summed E-state index contributed by atoms with van der Waals surface area (Å²) in [5.74, 6) is -0.688. The van der Waals surface area contributed by atoms with Crippen LogP contribution < -0.4 is 5.73 Å². The number of rotatable bonds is 2. The minimum Gasteiger partial charge on any atom is -0.505 e. The van der Waals surface area contributed by atoms with E-state index in [1.54, 1.807) is 24.3 Å². The molecule has 3 N–H and O–H groups in total. The van der Waals surface area contributed by atoms with Crippen molar-refractivity contribution >= 4 is 5.69 Å². The minimum atomic E-state index is -0.743. The molecular weight excluding hydrogens is 261 g/mol. The molecule has 0 saturated carbocycles. The van der Waals surface area contributed by atoms with Crippen molar-refractivity contribution in [1.29, 1.82) is 0 Å². The van der Waals surface area contributed by atoms with Gasteiger partial charge in [0.2, 0.25) is 5.82 Å². The topological polar surface area (TPSA) is 85.2 Å². The number of hydrogen-bond acceptors (Lipinski definition) is 5. The smallest absolute Gasteiger partial charge is 0.260 e. The van der Waals surface area contributed by atoms with Gasteiger partial charge in [-0.05, 0) is 30.3 Å². The second kappa shape index (κ2) is 4.65. The number of para-hydroxylation sites is 1. The van der Waals surface area contributed by atoms with E-state index in [1.807, 2.05) is 0 Å². The maximum atomic E-state index is 13.3. The van der Waals surface area contributed by atoms with E-state index in [-0.39, 0.29) is 11.7 Å². The van der Waals surface area contributed by atoms with Crippen LogP contribution in [0.4, 0.5) is 10.1 Å². The summed E-state index contributed by atoms with van der Waals surface area (Å²) in [6.07, 6.45) is 0. The van der Waals surface area contributed by atoms with Crippen LogP contribution in [-0.4, -0.2) is 15.2 Å². The van der Waals surface area contributed by atoms with Gasteiger partial charge in [-0.25, -0.2) is 4.39 Å². The normalized spacial score (nSPS) is 10.7. The molecule has 100 valence electrons. The number of phenolic OH excluding ortho intramolecular Hbond substituents is 1. The molecule has 1 aromatic heterocycles. The first-order chi connectivity index (χ1) is 9.65. The highest BCUT2D eigenvalue weighted by Crippen LogP contribution is 2.27. The van der Waals surface area contributed by atoms with Gasteiger partial charge in [0.15, 0.2) is 11.6 Å². The molecular formula is C14H10FN3O2. The van der Waals surface area contributed by atoms with Crippen LogP contribution >= 0.6 is 0 Å². The number of nitrogen functional groups attached to an aromatic ring is 1. The van der Waals surface area contributed by atoms with Gasteiger partial charge in [-0.15, -0.1) is 0 Å². The van der Waals surface area contributed by atoms with Crippen LogP contribution in [0.3, 0.4) is 0 Å². The van der Waals surface area contributed by atoms with Crippen molar-refractivity contribution in [2.75, 3.05) is 5.73 Å². The van der Waals surface area contributed by atoms with Gasteiger partial charge in [0.05, 0.1) is 5.56 Å². The Morgan fingerprint density at radius 3 is 2.70 bits per heavy atom. The largest absolute Gasteiger partial charge is 0.505 e. The molecule has 0 aliphatic carbocycles. The number of halogens is 1. The highest BCUT2D eigenvalue weighted by molar-refractivity contribution is 5.71. The van der Waals surface area contributed by atoms with Crippen LogP contribution in [0.2, 0.25) is 0 Å². The number of aromatic nitrogens is 2. The standard InChI is InChI=1S/C14H10FN3O2/c15-10-7-8(5-6-12(10)19)13-17-14(20-18-13)9-3-1-2-4-11(9)16/h1-7,19H,16H2. The Morgan fingerprint density at radius 2 is 1.95 bits per heavy atom. The molecule has 0 saturated heterocycles. The molecule has 0 amide bonds. The van der Waals surface area contributed by atoms with E-state index < -0.39 is 11.6 Å². The van der Waals surface area contributed by atoms with Gasteiger partial charge in [0.1, 0.15) is 0 Å². The van der Waals surface area contributed by atoms with Crippen LogP contribution in [0, 0.1) is 5.82 Å². The van der Waals surface area contributed by atoms with E-state index in [9.17, 15) is 4.39 Å². The molecule has 0 fully saturated rings. The summed E-state index contributed by atoms with van der Waals surface area (Å²) in [7, 11) is 0. The Bertz CT molecular complexity index is 771. The molecule has 6 heteroatoms. The van der Waals surface area contributed by atoms with Crippen LogP contribution in [0.15, 0.2) is 47.0 Å². The molecule has 0 radical (unpaired) electrons. The van der Waals surface area contributed by atoms with E-state index in [0.717, 1.165) is 6.07 Å². The van der Waals surface area contributed by atoms with Crippen molar-refractivity contribution in [1.82, 2.24) is 10.1 Å². The Balaban J connectivity index is 2.02. The lowest BCUT2D eigenvalue weighted by Crippen LogP contribution is -1.89. The molecule has 0 unspecified atom stereocenters. The van der Waals surface area contributed by atoms with E-state index in [2.05, 4.69) is 10.1 Å². The van der Waals surface area contributed by atoms with Crippen LogP contribution in [0.25, 0.3) is 22.8 Å². The first-order valence-electron chi connectivity index (χ1n) is 5.82. The lowest BCUT2D eigenvalue weighted by atomic mass is 10.2. The fourth-order valence-corrected chi connectivity index (χ4v) is 1.79. The van der Waals surface area contributed by atoms with Crippen molar-refractivity contribution in [3.63, 3.8) is 0 Å². The van der Waals surface area contributed by atoms with Crippen molar-refractivity contribution < 1.29 is 14.0 Å². The minimum absolute atomic E-state index is 0.224. The molecule has 0 bridgehead atoms. The maximum absolute atomic E-state index is 13.3. The molecule has 3 rings (SSSR count). The third-order valence-corrected chi connectivity index (χ3v) is 2.82. The fourth-order valence-electron chi connectivity index (χ4n) is 1.79. The summed E-state index contributed by atoms with van der Waals surface area (Å²) in [5.41, 5.74) is 7.36. The lowest BCUT2D eigenvalue weighted by Gasteiger charge is -1.98. The van der Waals surface area contributed by atoms with Crippen LogP contribution in [0.1, 0.15) is 0 Å². The zero-order chi connectivity index (χ0) is 14.1. The Labute approximate surface area is 113 Å². The Morgan fingerprint density at radius 1 is 1.15 bits per heavy atom. The molecule has 0 atom stereocenters. The number of nitrogens with zero attached hydrogens (tertiary/aromatic N) is 2. The van der Waals surface area contributed by atoms with Gasteiger partial charge in [-0.2, -0.15) is 4.98 Å². The molecule has 0 spiro atoms. The van der Waals surface area contributed by atoms with Crippen molar-refractivity contribution in [3.05, 3.63) is 48.3 Å². The summed E-state index contributed by atoms with van der Waals surface area (Å²) in [5, 5.41) is 12.9. The van der Waals surface area contributed by atoms with E-state index >= 15 is 0 Å². The monoisotopic (exact) mass is 271 g/mol. The van der Waals surface area contributed by atoms with Gasteiger partial charge in [-0.3, -0.25) is 0 Å². The second-order valence-corrected chi connectivity index (χ2v) is 4.18. The SMILES string of the molecule is Nc1ccccc1-c1nc(-c2ccc(O)c(F)c2)no1. The van der Waals surface area contributed by atoms with Crippen LogP contribution in [0.5, 0.6) is 5.75 Å². The molecule has 1 heterocycles. The zero-order valence-electron chi connectivity index (χ0n) is 10.2. The van der Waals surface area contributed by atoms with E-state index in [4.69, 9.17) is 15.4 Å². The predicted octanol–water partition coefficient (Wildman–Crippen LogP) is 2.83. The molecule has 5 nitrogen and oxygen atoms in total. The summed E-state index contributed by atoms with van der Waals surface area (Å²) in [6.45, 7) is 0. The van der Waals surface area contributed by atoms with Gasteiger partial charge in [0, 0.05) is 11.3 Å². The van der Waals surface area contributed by atoms with Crippen molar-refractivity contribution in [2.24, 2.45) is 0 Å². The molecule has 0 aliphatic rings. The third-order valence-electron chi connectivity index (χ3n) is 2.82. The van der Waals surface area contributed by atoms with Gasteiger partial charge < -0.3 is 15.4 Å². The highest BCUT2D eigenvalue weighted by atomic mass is 19.1. The molecule has 20 heavy (non-hydrogen) atoms. The number of aromatic hydroxyl groups is 1. The summed E-state index contributed by atoms with van der Waals surface area (Å²) in [6, 6.07) is 10.9.